The van der Waals surface area contributed by atoms with Gasteiger partial charge in [0.1, 0.15) is 5.54 Å². The van der Waals surface area contributed by atoms with Crippen LogP contribution in [0.4, 0.5) is 0 Å². The first-order valence-corrected chi connectivity index (χ1v) is 8.31. The van der Waals surface area contributed by atoms with Crippen molar-refractivity contribution in [2.45, 2.75) is 25.4 Å². The van der Waals surface area contributed by atoms with E-state index in [0.717, 1.165) is 6.54 Å². The van der Waals surface area contributed by atoms with Crippen LogP contribution < -0.4 is 0 Å². The predicted octanol–water partition coefficient (Wildman–Crippen LogP) is 4.47. The van der Waals surface area contributed by atoms with Gasteiger partial charge in [0.25, 0.3) is 0 Å². The summed E-state index contributed by atoms with van der Waals surface area (Å²) in [6, 6.07) is 17.8. The van der Waals surface area contributed by atoms with Crippen molar-refractivity contribution in [1.29, 1.82) is 0 Å². The lowest BCUT2D eigenvalue weighted by molar-refractivity contribution is 0.218. The number of aliphatic imine (C=N–C) groups is 1. The van der Waals surface area contributed by atoms with Gasteiger partial charge in [0.05, 0.1) is 12.4 Å². The third kappa shape index (κ3) is 1.78. The second kappa shape index (κ2) is 5.09. The molecule has 2 heteroatoms. The van der Waals surface area contributed by atoms with Gasteiger partial charge in [0.15, 0.2) is 0 Å². The summed E-state index contributed by atoms with van der Waals surface area (Å²) in [6.45, 7) is 9.33. The minimum Gasteiger partial charge on any atom is -0.353 e. The fourth-order valence-electron chi connectivity index (χ4n) is 4.43. The minimum absolute atomic E-state index is 0.287. The van der Waals surface area contributed by atoms with Crippen molar-refractivity contribution in [3.05, 3.63) is 72.3 Å². The number of rotatable bonds is 3. The molecule has 4 rings (SSSR count). The number of hydrogen-bond acceptors (Lipinski definition) is 2. The van der Waals surface area contributed by atoms with Crippen LogP contribution in [0.3, 0.4) is 0 Å². The van der Waals surface area contributed by atoms with Crippen molar-refractivity contribution >= 4 is 6.34 Å². The Bertz CT molecular complexity index is 742. The molecular formula is C21H22N2. The largest absolute Gasteiger partial charge is 0.353 e. The highest BCUT2D eigenvalue weighted by atomic mass is 15.3. The molecule has 1 aliphatic heterocycles. The Kier molecular flexibility index (Phi) is 3.15. The van der Waals surface area contributed by atoms with Gasteiger partial charge < -0.3 is 4.90 Å². The van der Waals surface area contributed by atoms with Gasteiger partial charge in [-0.3, -0.25) is 4.99 Å². The molecule has 1 spiro atoms. The SMILES string of the molecule is C=CCN1C=NC2(c3ccccc3-c3ccccc32)C1C(C)C. The molecule has 0 radical (unpaired) electrons. The van der Waals surface area contributed by atoms with E-state index in [1.54, 1.807) is 0 Å². The first-order chi connectivity index (χ1) is 11.2. The van der Waals surface area contributed by atoms with Crippen LogP contribution in [0.1, 0.15) is 25.0 Å². The summed E-state index contributed by atoms with van der Waals surface area (Å²) in [4.78, 5) is 7.45. The van der Waals surface area contributed by atoms with Crippen LogP contribution in [0.2, 0.25) is 0 Å². The fraction of sp³-hybridized carbons (Fsp3) is 0.286. The molecule has 0 aromatic heterocycles. The van der Waals surface area contributed by atoms with E-state index in [1.165, 1.54) is 22.3 Å². The summed E-state index contributed by atoms with van der Waals surface area (Å²) in [5.74, 6) is 0.483. The number of fused-ring (bicyclic) bond motifs is 5. The molecule has 2 aromatic rings. The quantitative estimate of drug-likeness (QED) is 0.764. The highest BCUT2D eigenvalue weighted by Gasteiger charge is 2.53. The molecule has 1 aliphatic carbocycles. The molecule has 2 aliphatic rings. The smallest absolute Gasteiger partial charge is 0.134 e. The zero-order valence-corrected chi connectivity index (χ0v) is 13.7. The average molecular weight is 302 g/mol. The minimum atomic E-state index is -0.287. The average Bonchev–Trinajstić information content (AvgIpc) is 3.08. The molecule has 0 N–H and O–H groups in total. The zero-order valence-electron chi connectivity index (χ0n) is 13.7. The molecule has 1 unspecified atom stereocenters. The summed E-state index contributed by atoms with van der Waals surface area (Å²) in [5, 5.41) is 0. The second-order valence-corrected chi connectivity index (χ2v) is 6.78. The lowest BCUT2D eigenvalue weighted by Gasteiger charge is -2.38. The van der Waals surface area contributed by atoms with E-state index in [2.05, 4.69) is 73.9 Å². The maximum absolute atomic E-state index is 5.11. The summed E-state index contributed by atoms with van der Waals surface area (Å²) in [6.07, 6.45) is 4.00. The van der Waals surface area contributed by atoms with E-state index in [4.69, 9.17) is 4.99 Å². The van der Waals surface area contributed by atoms with E-state index < -0.39 is 0 Å². The maximum atomic E-state index is 5.11. The van der Waals surface area contributed by atoms with Crippen LogP contribution in [0.5, 0.6) is 0 Å². The highest BCUT2D eigenvalue weighted by Crippen LogP contribution is 2.55. The Morgan fingerprint density at radius 1 is 1.09 bits per heavy atom. The van der Waals surface area contributed by atoms with E-state index in [-0.39, 0.29) is 5.54 Å². The van der Waals surface area contributed by atoms with E-state index in [1.807, 2.05) is 12.4 Å². The molecule has 0 fully saturated rings. The van der Waals surface area contributed by atoms with Crippen LogP contribution in [0.15, 0.2) is 66.2 Å². The molecule has 2 aromatic carbocycles. The Morgan fingerprint density at radius 3 is 2.17 bits per heavy atom. The predicted molar refractivity (Wildman–Crippen MR) is 96.7 cm³/mol. The summed E-state index contributed by atoms with van der Waals surface area (Å²) >= 11 is 0. The van der Waals surface area contributed by atoms with Gasteiger partial charge in [-0.1, -0.05) is 68.5 Å². The standard InChI is InChI=1S/C21H22N2/c1-4-13-23-14-22-21(20(23)15(2)3)18-11-7-5-9-16(18)17-10-6-8-12-19(17)21/h4-12,14-15,20H,1,13H2,2-3H3. The fourth-order valence-corrected chi connectivity index (χ4v) is 4.43. The molecule has 0 bridgehead atoms. The van der Waals surface area contributed by atoms with E-state index in [0.29, 0.717) is 12.0 Å². The van der Waals surface area contributed by atoms with Crippen molar-refractivity contribution in [2.75, 3.05) is 6.54 Å². The molecule has 0 saturated carbocycles. The van der Waals surface area contributed by atoms with Crippen LogP contribution in [-0.4, -0.2) is 23.8 Å². The molecule has 2 nitrogen and oxygen atoms in total. The second-order valence-electron chi connectivity index (χ2n) is 6.78. The topological polar surface area (TPSA) is 15.6 Å². The van der Waals surface area contributed by atoms with Crippen molar-refractivity contribution in [3.8, 4) is 11.1 Å². The van der Waals surface area contributed by atoms with Crippen LogP contribution in [0, 0.1) is 5.92 Å². The Hall–Kier alpha value is -2.35. The zero-order chi connectivity index (χ0) is 16.0. The van der Waals surface area contributed by atoms with E-state index >= 15 is 0 Å². The summed E-state index contributed by atoms with van der Waals surface area (Å²) in [7, 11) is 0. The van der Waals surface area contributed by atoms with Gasteiger partial charge in [-0.15, -0.1) is 6.58 Å². The lowest BCUT2D eigenvalue weighted by Crippen LogP contribution is -2.47. The number of nitrogens with zero attached hydrogens (tertiary/aromatic N) is 2. The molecule has 1 atom stereocenters. The van der Waals surface area contributed by atoms with Gasteiger partial charge in [-0.05, 0) is 28.2 Å². The first kappa shape index (κ1) is 14.3. The summed E-state index contributed by atoms with van der Waals surface area (Å²) < 4.78 is 0. The van der Waals surface area contributed by atoms with Crippen LogP contribution >= 0.6 is 0 Å². The molecule has 0 saturated heterocycles. The Morgan fingerprint density at radius 2 is 1.65 bits per heavy atom. The number of hydrogen-bond donors (Lipinski definition) is 0. The monoisotopic (exact) mass is 302 g/mol. The van der Waals surface area contributed by atoms with Crippen LogP contribution in [0.25, 0.3) is 11.1 Å². The Labute approximate surface area is 138 Å². The van der Waals surface area contributed by atoms with E-state index in [9.17, 15) is 0 Å². The third-order valence-corrected chi connectivity index (χ3v) is 5.13. The van der Waals surface area contributed by atoms with Gasteiger partial charge in [-0.2, -0.15) is 0 Å². The maximum Gasteiger partial charge on any atom is 0.134 e. The Balaban J connectivity index is 2.00. The molecule has 0 amide bonds. The molecule has 116 valence electrons. The van der Waals surface area contributed by atoms with Gasteiger partial charge in [0.2, 0.25) is 0 Å². The highest BCUT2D eigenvalue weighted by molar-refractivity contribution is 5.84. The van der Waals surface area contributed by atoms with Crippen molar-refractivity contribution in [1.82, 2.24) is 4.90 Å². The normalized spacial score (nSPS) is 20.1. The van der Waals surface area contributed by atoms with Gasteiger partial charge in [0, 0.05) is 6.54 Å². The van der Waals surface area contributed by atoms with Crippen molar-refractivity contribution in [3.63, 3.8) is 0 Å². The molecule has 23 heavy (non-hydrogen) atoms. The van der Waals surface area contributed by atoms with Gasteiger partial charge >= 0.3 is 0 Å². The summed E-state index contributed by atoms with van der Waals surface area (Å²) in [5.41, 5.74) is 5.04. The van der Waals surface area contributed by atoms with Crippen molar-refractivity contribution in [2.24, 2.45) is 10.9 Å². The molecular weight excluding hydrogens is 280 g/mol. The lowest BCUT2D eigenvalue weighted by atomic mass is 9.76. The number of benzene rings is 2. The molecule has 1 heterocycles. The van der Waals surface area contributed by atoms with Crippen LogP contribution in [-0.2, 0) is 5.54 Å². The third-order valence-electron chi connectivity index (χ3n) is 5.13. The first-order valence-electron chi connectivity index (χ1n) is 8.31. The van der Waals surface area contributed by atoms with Gasteiger partial charge in [-0.25, -0.2) is 0 Å². The van der Waals surface area contributed by atoms with Crippen molar-refractivity contribution < 1.29 is 0 Å².